The van der Waals surface area contributed by atoms with E-state index in [0.29, 0.717) is 5.92 Å². The minimum Gasteiger partial charge on any atom is -0.0936 e. The zero-order valence-corrected chi connectivity index (χ0v) is 8.39. The van der Waals surface area contributed by atoms with Gasteiger partial charge in [0, 0.05) is 0 Å². The van der Waals surface area contributed by atoms with Gasteiger partial charge in [0.05, 0.1) is 0 Å². The van der Waals surface area contributed by atoms with Crippen molar-refractivity contribution in [1.82, 2.24) is 0 Å². The molecule has 1 aromatic carbocycles. The molecule has 0 aliphatic heterocycles. The van der Waals surface area contributed by atoms with E-state index in [0.717, 1.165) is 8.58 Å². The molecule has 1 unspecified atom stereocenters. The van der Waals surface area contributed by atoms with Crippen LogP contribution in [0.5, 0.6) is 0 Å². The van der Waals surface area contributed by atoms with Crippen molar-refractivity contribution in [2.24, 2.45) is 0 Å². The largest absolute Gasteiger partial charge is 0.0936 e. The second-order valence-electron chi connectivity index (χ2n) is 3.03. The van der Waals surface area contributed by atoms with Crippen LogP contribution in [0.4, 0.5) is 0 Å². The van der Waals surface area contributed by atoms with E-state index in [1.807, 2.05) is 0 Å². The Morgan fingerprint density at radius 2 is 2.00 bits per heavy atom. The van der Waals surface area contributed by atoms with Crippen LogP contribution in [-0.4, -0.2) is 6.66 Å². The standard InChI is InChI=1S/C10H15P/c1-8(2)9-5-4-6-10(7-9)11-3/h4-8,11H,1-3H3. The maximum Gasteiger partial charge on any atom is -0.0219 e. The lowest BCUT2D eigenvalue weighted by Gasteiger charge is -2.05. The van der Waals surface area contributed by atoms with E-state index < -0.39 is 0 Å². The molecule has 0 aliphatic carbocycles. The molecule has 0 aliphatic rings. The van der Waals surface area contributed by atoms with Crippen molar-refractivity contribution in [3.8, 4) is 0 Å². The minimum absolute atomic E-state index is 0.659. The molecule has 60 valence electrons. The predicted molar refractivity (Wildman–Crippen MR) is 54.4 cm³/mol. The van der Waals surface area contributed by atoms with Crippen molar-refractivity contribution < 1.29 is 0 Å². The molecule has 0 N–H and O–H groups in total. The van der Waals surface area contributed by atoms with Crippen LogP contribution in [0.2, 0.25) is 0 Å². The molecule has 1 heteroatoms. The number of hydrogen-bond donors (Lipinski definition) is 0. The van der Waals surface area contributed by atoms with Crippen molar-refractivity contribution in [1.29, 1.82) is 0 Å². The summed E-state index contributed by atoms with van der Waals surface area (Å²) in [7, 11) is 0.919. The topological polar surface area (TPSA) is 0 Å². The third kappa shape index (κ3) is 2.31. The van der Waals surface area contributed by atoms with E-state index in [2.05, 4.69) is 44.8 Å². The SMILES string of the molecule is CPc1cccc(C(C)C)c1. The van der Waals surface area contributed by atoms with Crippen molar-refractivity contribution in [3.63, 3.8) is 0 Å². The first-order chi connectivity index (χ1) is 5.24. The van der Waals surface area contributed by atoms with Gasteiger partial charge in [-0.25, -0.2) is 0 Å². The molecule has 0 aromatic heterocycles. The van der Waals surface area contributed by atoms with Crippen LogP contribution < -0.4 is 5.30 Å². The van der Waals surface area contributed by atoms with Gasteiger partial charge in [-0.1, -0.05) is 46.7 Å². The maximum atomic E-state index is 2.31. The third-order valence-corrected chi connectivity index (χ3v) is 2.73. The second kappa shape index (κ2) is 3.88. The van der Waals surface area contributed by atoms with Crippen LogP contribution in [0.15, 0.2) is 24.3 Å². The van der Waals surface area contributed by atoms with Gasteiger partial charge >= 0.3 is 0 Å². The van der Waals surface area contributed by atoms with E-state index in [1.165, 1.54) is 10.9 Å². The number of rotatable bonds is 2. The Morgan fingerprint density at radius 3 is 2.55 bits per heavy atom. The molecule has 1 rings (SSSR count). The molecule has 0 saturated carbocycles. The highest BCUT2D eigenvalue weighted by molar-refractivity contribution is 7.46. The molecule has 0 nitrogen and oxygen atoms in total. The molecule has 0 bridgehead atoms. The van der Waals surface area contributed by atoms with Crippen LogP contribution in [0.25, 0.3) is 0 Å². The molecule has 0 spiro atoms. The highest BCUT2D eigenvalue weighted by Gasteiger charge is 1.97. The minimum atomic E-state index is 0.659. The summed E-state index contributed by atoms with van der Waals surface area (Å²) in [5, 5.41) is 1.47. The summed E-state index contributed by atoms with van der Waals surface area (Å²) in [5.41, 5.74) is 1.46. The Morgan fingerprint density at radius 1 is 1.27 bits per heavy atom. The first-order valence-corrected chi connectivity index (χ1v) is 5.51. The Hall–Kier alpha value is -0.350. The fourth-order valence-electron chi connectivity index (χ4n) is 1.05. The Bertz CT molecular complexity index is 228. The Kier molecular flexibility index (Phi) is 3.08. The van der Waals surface area contributed by atoms with Gasteiger partial charge in [-0.15, -0.1) is 0 Å². The molecular weight excluding hydrogens is 151 g/mol. The predicted octanol–water partition coefficient (Wildman–Crippen LogP) is 2.74. The van der Waals surface area contributed by atoms with Crippen molar-refractivity contribution >= 4 is 13.9 Å². The average molecular weight is 166 g/mol. The summed E-state index contributed by atoms with van der Waals surface area (Å²) >= 11 is 0. The third-order valence-electron chi connectivity index (χ3n) is 1.84. The second-order valence-corrected chi connectivity index (χ2v) is 4.11. The molecule has 0 heterocycles. The fraction of sp³-hybridized carbons (Fsp3) is 0.400. The van der Waals surface area contributed by atoms with E-state index in [1.54, 1.807) is 0 Å². The lowest BCUT2D eigenvalue weighted by Crippen LogP contribution is -1.96. The van der Waals surface area contributed by atoms with Gasteiger partial charge in [-0.05, 0) is 23.5 Å². The van der Waals surface area contributed by atoms with Crippen LogP contribution in [0, 0.1) is 0 Å². The summed E-state index contributed by atoms with van der Waals surface area (Å²) in [4.78, 5) is 0. The lowest BCUT2D eigenvalue weighted by atomic mass is 10.0. The van der Waals surface area contributed by atoms with E-state index in [9.17, 15) is 0 Å². The molecule has 1 aromatic rings. The first-order valence-electron chi connectivity index (χ1n) is 4.01. The van der Waals surface area contributed by atoms with Crippen LogP contribution >= 0.6 is 8.58 Å². The Balaban J connectivity index is 2.91. The first kappa shape index (κ1) is 8.74. The zero-order valence-electron chi connectivity index (χ0n) is 7.39. The molecule has 11 heavy (non-hydrogen) atoms. The van der Waals surface area contributed by atoms with Gasteiger partial charge in [0.1, 0.15) is 0 Å². The van der Waals surface area contributed by atoms with Crippen molar-refractivity contribution in [2.45, 2.75) is 19.8 Å². The quantitative estimate of drug-likeness (QED) is 0.592. The summed E-state index contributed by atoms with van der Waals surface area (Å²) in [6.45, 7) is 6.69. The molecule has 0 radical (unpaired) electrons. The van der Waals surface area contributed by atoms with Crippen molar-refractivity contribution in [2.75, 3.05) is 6.66 Å². The van der Waals surface area contributed by atoms with Crippen LogP contribution in [0.3, 0.4) is 0 Å². The summed E-state index contributed by atoms with van der Waals surface area (Å²) in [6, 6.07) is 8.86. The van der Waals surface area contributed by atoms with E-state index >= 15 is 0 Å². The van der Waals surface area contributed by atoms with Gasteiger partial charge in [-0.2, -0.15) is 0 Å². The van der Waals surface area contributed by atoms with Crippen LogP contribution in [-0.2, 0) is 0 Å². The smallest absolute Gasteiger partial charge is 0.0219 e. The average Bonchev–Trinajstić information content (AvgIpc) is 2.05. The molecule has 0 amide bonds. The number of benzene rings is 1. The fourth-order valence-corrected chi connectivity index (χ4v) is 1.63. The van der Waals surface area contributed by atoms with Gasteiger partial charge < -0.3 is 0 Å². The molecule has 0 saturated heterocycles. The van der Waals surface area contributed by atoms with Crippen LogP contribution in [0.1, 0.15) is 25.3 Å². The Labute approximate surface area is 70.8 Å². The van der Waals surface area contributed by atoms with Crippen molar-refractivity contribution in [3.05, 3.63) is 29.8 Å². The van der Waals surface area contributed by atoms with E-state index in [4.69, 9.17) is 0 Å². The highest BCUT2D eigenvalue weighted by Crippen LogP contribution is 2.14. The van der Waals surface area contributed by atoms with Gasteiger partial charge in [0.15, 0.2) is 0 Å². The van der Waals surface area contributed by atoms with Gasteiger partial charge in [0.25, 0.3) is 0 Å². The van der Waals surface area contributed by atoms with E-state index in [-0.39, 0.29) is 0 Å². The summed E-state index contributed by atoms with van der Waals surface area (Å²) < 4.78 is 0. The zero-order chi connectivity index (χ0) is 8.27. The maximum absolute atomic E-state index is 2.31. The summed E-state index contributed by atoms with van der Waals surface area (Å²) in [6.07, 6.45) is 0. The lowest BCUT2D eigenvalue weighted by molar-refractivity contribution is 0.868. The summed E-state index contributed by atoms with van der Waals surface area (Å²) in [5.74, 6) is 0.659. The normalized spacial score (nSPS) is 11.6. The molecule has 0 fully saturated rings. The molecular formula is C10H15P. The van der Waals surface area contributed by atoms with Gasteiger partial charge in [-0.3, -0.25) is 0 Å². The van der Waals surface area contributed by atoms with Gasteiger partial charge in [0.2, 0.25) is 0 Å². The monoisotopic (exact) mass is 166 g/mol. The molecule has 1 atom stereocenters. The number of hydrogen-bond acceptors (Lipinski definition) is 0. The highest BCUT2D eigenvalue weighted by atomic mass is 31.1.